The summed E-state index contributed by atoms with van der Waals surface area (Å²) in [6, 6.07) is 14.1. The van der Waals surface area contributed by atoms with Crippen LogP contribution in [0, 0.1) is 25.7 Å². The maximum absolute atomic E-state index is 12.3. The maximum Gasteiger partial charge on any atom is 0.251 e. The predicted molar refractivity (Wildman–Crippen MR) is 125 cm³/mol. The second-order valence-corrected chi connectivity index (χ2v) is 9.29. The lowest BCUT2D eigenvalue weighted by atomic mass is 9.91. The van der Waals surface area contributed by atoms with Crippen molar-refractivity contribution >= 4 is 11.8 Å². The lowest BCUT2D eigenvalue weighted by molar-refractivity contribution is -0.120. The zero-order chi connectivity index (χ0) is 22.4. The van der Waals surface area contributed by atoms with Crippen molar-refractivity contribution in [2.24, 2.45) is 11.8 Å². The lowest BCUT2D eigenvalue weighted by Gasteiger charge is -2.35. The summed E-state index contributed by atoms with van der Waals surface area (Å²) >= 11 is 0. The summed E-state index contributed by atoms with van der Waals surface area (Å²) in [7, 11) is 0. The van der Waals surface area contributed by atoms with E-state index in [0.717, 1.165) is 48.2 Å². The molecule has 1 saturated heterocycles. The Bertz CT molecular complexity index is 877. The van der Waals surface area contributed by atoms with Crippen LogP contribution < -0.4 is 10.6 Å². The van der Waals surface area contributed by atoms with E-state index in [1.807, 2.05) is 32.0 Å². The highest BCUT2D eigenvalue weighted by molar-refractivity contribution is 5.96. The predicted octanol–water partition coefficient (Wildman–Crippen LogP) is 3.83. The van der Waals surface area contributed by atoms with Crippen LogP contribution in [0.5, 0.6) is 0 Å². The summed E-state index contributed by atoms with van der Waals surface area (Å²) in [6.45, 7) is 12.3. The molecule has 2 aromatic carbocycles. The molecule has 5 nitrogen and oxygen atoms in total. The average Bonchev–Trinajstić information content (AvgIpc) is 2.70. The van der Waals surface area contributed by atoms with Gasteiger partial charge in [-0.15, -0.1) is 0 Å². The number of amides is 2. The van der Waals surface area contributed by atoms with Gasteiger partial charge in [0.15, 0.2) is 0 Å². The lowest BCUT2D eigenvalue weighted by Crippen LogP contribution is -2.38. The van der Waals surface area contributed by atoms with Crippen LogP contribution >= 0.6 is 0 Å². The molecule has 0 spiro atoms. The van der Waals surface area contributed by atoms with E-state index in [0.29, 0.717) is 12.1 Å². The number of carbonyl (C=O) groups excluding carboxylic acids is 2. The number of hydrogen-bond acceptors (Lipinski definition) is 3. The highest BCUT2D eigenvalue weighted by atomic mass is 16.2. The van der Waals surface area contributed by atoms with E-state index in [1.165, 1.54) is 12.0 Å². The molecule has 2 atom stereocenters. The Morgan fingerprint density at radius 2 is 1.48 bits per heavy atom. The average molecular weight is 422 g/mol. The molecule has 2 unspecified atom stereocenters. The molecule has 0 aromatic heterocycles. The van der Waals surface area contributed by atoms with E-state index in [2.05, 4.69) is 53.6 Å². The molecule has 3 rings (SSSR count). The van der Waals surface area contributed by atoms with Gasteiger partial charge < -0.3 is 10.6 Å². The third-order valence-corrected chi connectivity index (χ3v) is 5.76. The van der Waals surface area contributed by atoms with Gasteiger partial charge in [0.25, 0.3) is 5.91 Å². The Kier molecular flexibility index (Phi) is 7.85. The van der Waals surface area contributed by atoms with Gasteiger partial charge in [0.05, 0.1) is 6.54 Å². The number of aryl methyl sites for hydroxylation is 2. The van der Waals surface area contributed by atoms with E-state index in [4.69, 9.17) is 0 Å². The summed E-state index contributed by atoms with van der Waals surface area (Å²) in [5.41, 5.74) is 5.00. The van der Waals surface area contributed by atoms with Crippen molar-refractivity contribution in [2.45, 2.75) is 47.2 Å². The van der Waals surface area contributed by atoms with Gasteiger partial charge in [0, 0.05) is 31.7 Å². The Hall–Kier alpha value is -2.66. The largest absolute Gasteiger partial charge is 0.350 e. The van der Waals surface area contributed by atoms with Crippen LogP contribution in [0.25, 0.3) is 0 Å². The van der Waals surface area contributed by atoms with Crippen LogP contribution in [-0.4, -0.2) is 36.3 Å². The third kappa shape index (κ3) is 7.21. The molecule has 0 radical (unpaired) electrons. The second kappa shape index (κ2) is 10.6. The van der Waals surface area contributed by atoms with Gasteiger partial charge in [-0.3, -0.25) is 14.5 Å². The van der Waals surface area contributed by atoms with Crippen LogP contribution in [0.15, 0.2) is 42.5 Å². The standard InChI is InChI=1S/C26H35N3O2/c1-18-9-19(2)12-24(11-18)26(31)28-14-25(30)27-13-22-5-7-23(8-6-22)17-29-15-20(3)10-21(4)16-29/h5-9,11-12,20-21H,10,13-17H2,1-4H3,(H,27,30)(H,28,31). The number of likely N-dealkylation sites (tertiary alicyclic amines) is 1. The summed E-state index contributed by atoms with van der Waals surface area (Å²) in [5, 5.41) is 5.57. The van der Waals surface area contributed by atoms with Gasteiger partial charge in [-0.2, -0.15) is 0 Å². The summed E-state index contributed by atoms with van der Waals surface area (Å²) in [6.07, 6.45) is 1.32. The molecule has 0 aliphatic carbocycles. The van der Waals surface area contributed by atoms with Crippen molar-refractivity contribution in [2.75, 3.05) is 19.6 Å². The van der Waals surface area contributed by atoms with Crippen molar-refractivity contribution in [3.63, 3.8) is 0 Å². The molecule has 1 aliphatic heterocycles. The highest BCUT2D eigenvalue weighted by Gasteiger charge is 2.21. The van der Waals surface area contributed by atoms with Crippen LogP contribution in [0.4, 0.5) is 0 Å². The number of benzene rings is 2. The van der Waals surface area contributed by atoms with Crippen molar-refractivity contribution < 1.29 is 9.59 Å². The zero-order valence-electron chi connectivity index (χ0n) is 19.2. The van der Waals surface area contributed by atoms with Crippen molar-refractivity contribution in [1.82, 2.24) is 15.5 Å². The molecule has 166 valence electrons. The number of piperidine rings is 1. The maximum atomic E-state index is 12.3. The molecule has 1 heterocycles. The van der Waals surface area contributed by atoms with Gasteiger partial charge in [-0.1, -0.05) is 55.3 Å². The second-order valence-electron chi connectivity index (χ2n) is 9.29. The van der Waals surface area contributed by atoms with E-state index >= 15 is 0 Å². The smallest absolute Gasteiger partial charge is 0.251 e. The number of rotatable bonds is 7. The van der Waals surface area contributed by atoms with Gasteiger partial charge in [-0.05, 0) is 55.4 Å². The summed E-state index contributed by atoms with van der Waals surface area (Å²) in [5.74, 6) is 1.09. The minimum absolute atomic E-state index is 0.0325. The minimum Gasteiger partial charge on any atom is -0.350 e. The minimum atomic E-state index is -0.229. The van der Waals surface area contributed by atoms with Crippen molar-refractivity contribution in [3.8, 4) is 0 Å². The normalized spacial score (nSPS) is 19.1. The molecule has 5 heteroatoms. The van der Waals surface area contributed by atoms with Crippen molar-refractivity contribution in [3.05, 3.63) is 70.3 Å². The number of hydrogen-bond donors (Lipinski definition) is 2. The molecule has 0 saturated carbocycles. The van der Waals surface area contributed by atoms with E-state index in [1.54, 1.807) is 0 Å². The topological polar surface area (TPSA) is 61.4 Å². The fourth-order valence-corrected chi connectivity index (χ4v) is 4.57. The molecule has 1 aliphatic rings. The molecule has 1 fully saturated rings. The molecule has 31 heavy (non-hydrogen) atoms. The first-order valence-electron chi connectivity index (χ1n) is 11.2. The molecule has 2 aromatic rings. The molecular formula is C26H35N3O2. The SMILES string of the molecule is Cc1cc(C)cc(C(=O)NCC(=O)NCc2ccc(CN3CC(C)CC(C)C3)cc2)c1. The Morgan fingerprint density at radius 1 is 0.903 bits per heavy atom. The third-order valence-electron chi connectivity index (χ3n) is 5.76. The molecule has 2 N–H and O–H groups in total. The quantitative estimate of drug-likeness (QED) is 0.714. The fourth-order valence-electron chi connectivity index (χ4n) is 4.57. The molecule has 0 bridgehead atoms. The molecule has 2 amide bonds. The van der Waals surface area contributed by atoms with Gasteiger partial charge in [0.1, 0.15) is 0 Å². The van der Waals surface area contributed by atoms with Crippen LogP contribution in [-0.2, 0) is 17.9 Å². The first kappa shape index (κ1) is 23.0. The Morgan fingerprint density at radius 3 is 2.10 bits per heavy atom. The van der Waals surface area contributed by atoms with Crippen LogP contribution in [0.2, 0.25) is 0 Å². The van der Waals surface area contributed by atoms with Crippen LogP contribution in [0.1, 0.15) is 52.9 Å². The van der Waals surface area contributed by atoms with Gasteiger partial charge >= 0.3 is 0 Å². The number of carbonyl (C=O) groups is 2. The first-order valence-corrected chi connectivity index (χ1v) is 11.2. The van der Waals surface area contributed by atoms with E-state index in [-0.39, 0.29) is 18.4 Å². The van der Waals surface area contributed by atoms with Crippen LogP contribution in [0.3, 0.4) is 0 Å². The zero-order valence-corrected chi connectivity index (χ0v) is 19.2. The molecular weight excluding hydrogens is 386 g/mol. The first-order chi connectivity index (χ1) is 14.8. The van der Waals surface area contributed by atoms with Gasteiger partial charge in [-0.25, -0.2) is 0 Å². The number of nitrogens with one attached hydrogen (secondary N) is 2. The fraction of sp³-hybridized carbons (Fsp3) is 0.462. The van der Waals surface area contributed by atoms with Gasteiger partial charge in [0.2, 0.25) is 5.91 Å². The van der Waals surface area contributed by atoms with E-state index in [9.17, 15) is 9.59 Å². The summed E-state index contributed by atoms with van der Waals surface area (Å²) in [4.78, 5) is 27.0. The monoisotopic (exact) mass is 421 g/mol. The number of nitrogens with zero attached hydrogens (tertiary/aromatic N) is 1. The Labute approximate surface area is 186 Å². The highest BCUT2D eigenvalue weighted by Crippen LogP contribution is 2.22. The summed E-state index contributed by atoms with van der Waals surface area (Å²) < 4.78 is 0. The van der Waals surface area contributed by atoms with Crippen molar-refractivity contribution in [1.29, 1.82) is 0 Å². The Balaban J connectivity index is 1.42. The van der Waals surface area contributed by atoms with E-state index < -0.39 is 0 Å².